The summed E-state index contributed by atoms with van der Waals surface area (Å²) in [5, 5.41) is 3.94. The van der Waals surface area contributed by atoms with Gasteiger partial charge in [0.2, 0.25) is 0 Å². The van der Waals surface area contributed by atoms with E-state index in [0.717, 1.165) is 23.4 Å². The van der Waals surface area contributed by atoms with Gasteiger partial charge >= 0.3 is 0 Å². The zero-order valence-electron chi connectivity index (χ0n) is 11.1. The summed E-state index contributed by atoms with van der Waals surface area (Å²) in [7, 11) is 1.69. The van der Waals surface area contributed by atoms with Gasteiger partial charge in [-0.15, -0.1) is 0 Å². The molecule has 0 aliphatic heterocycles. The largest absolute Gasteiger partial charge is 0.496 e. The number of ether oxygens (including phenoxy) is 1. The molecule has 0 aliphatic rings. The maximum absolute atomic E-state index is 5.79. The Bertz CT molecular complexity index is 528. The minimum Gasteiger partial charge on any atom is -0.496 e. The van der Waals surface area contributed by atoms with Crippen LogP contribution in [0.15, 0.2) is 42.6 Å². The van der Waals surface area contributed by atoms with Crippen molar-refractivity contribution in [2.24, 2.45) is 0 Å². The van der Waals surface area contributed by atoms with Gasteiger partial charge in [0.25, 0.3) is 0 Å². The molecule has 0 bridgehead atoms. The topological polar surface area (TPSA) is 34.2 Å². The van der Waals surface area contributed by atoms with Gasteiger partial charge in [0.05, 0.1) is 25.0 Å². The molecule has 100 valence electrons. The van der Waals surface area contributed by atoms with Crippen LogP contribution < -0.4 is 10.1 Å². The van der Waals surface area contributed by atoms with Crippen LogP contribution in [0.25, 0.3) is 0 Å². The first kappa shape index (κ1) is 13.7. The van der Waals surface area contributed by atoms with E-state index < -0.39 is 0 Å². The minimum absolute atomic E-state index is 0.180. The van der Waals surface area contributed by atoms with Crippen molar-refractivity contribution in [2.45, 2.75) is 19.4 Å². The predicted octanol–water partition coefficient (Wildman–Crippen LogP) is 4.31. The van der Waals surface area contributed by atoms with E-state index in [0.29, 0.717) is 5.15 Å². The lowest BCUT2D eigenvalue weighted by Crippen LogP contribution is -2.11. The molecule has 1 aromatic heterocycles. The fourth-order valence-corrected chi connectivity index (χ4v) is 2.13. The number of rotatable bonds is 5. The van der Waals surface area contributed by atoms with Crippen LogP contribution in [-0.2, 0) is 0 Å². The highest BCUT2D eigenvalue weighted by Gasteiger charge is 2.13. The Balaban J connectivity index is 2.22. The van der Waals surface area contributed by atoms with Gasteiger partial charge < -0.3 is 10.1 Å². The Kier molecular flexibility index (Phi) is 4.63. The summed E-state index contributed by atoms with van der Waals surface area (Å²) in [4.78, 5) is 4.07. The maximum atomic E-state index is 5.79. The van der Waals surface area contributed by atoms with Gasteiger partial charge in [0.15, 0.2) is 0 Å². The highest BCUT2D eigenvalue weighted by molar-refractivity contribution is 6.29. The number of aromatic nitrogens is 1. The van der Waals surface area contributed by atoms with Crippen molar-refractivity contribution in [3.05, 3.63) is 53.3 Å². The standard InChI is InChI=1S/C15H17ClN2O/c1-3-13(12-6-4-5-7-14(12)19-2)18-11-8-9-15(16)17-10-11/h4-10,13,18H,3H2,1-2H3. The van der Waals surface area contributed by atoms with E-state index >= 15 is 0 Å². The molecule has 1 unspecified atom stereocenters. The van der Waals surface area contributed by atoms with Crippen molar-refractivity contribution < 1.29 is 4.74 Å². The molecular weight excluding hydrogens is 260 g/mol. The first-order valence-corrected chi connectivity index (χ1v) is 6.63. The van der Waals surface area contributed by atoms with Crippen LogP contribution in [0.5, 0.6) is 5.75 Å². The maximum Gasteiger partial charge on any atom is 0.129 e. The van der Waals surface area contributed by atoms with Crippen molar-refractivity contribution >= 4 is 17.3 Å². The SMILES string of the molecule is CCC(Nc1ccc(Cl)nc1)c1ccccc1OC. The van der Waals surface area contributed by atoms with Gasteiger partial charge in [-0.3, -0.25) is 0 Å². The van der Waals surface area contributed by atoms with Crippen molar-refractivity contribution in [2.75, 3.05) is 12.4 Å². The van der Waals surface area contributed by atoms with Crippen LogP contribution in [0.4, 0.5) is 5.69 Å². The molecule has 19 heavy (non-hydrogen) atoms. The summed E-state index contributed by atoms with van der Waals surface area (Å²) in [6.45, 7) is 2.13. The summed E-state index contributed by atoms with van der Waals surface area (Å²) < 4.78 is 5.41. The van der Waals surface area contributed by atoms with E-state index in [9.17, 15) is 0 Å². The van der Waals surface area contributed by atoms with Gasteiger partial charge in [0.1, 0.15) is 10.9 Å². The Hall–Kier alpha value is -1.74. The average Bonchev–Trinajstić information content (AvgIpc) is 2.46. The molecule has 2 rings (SSSR count). The Morgan fingerprint density at radius 2 is 2.05 bits per heavy atom. The zero-order chi connectivity index (χ0) is 13.7. The summed E-state index contributed by atoms with van der Waals surface area (Å²) >= 11 is 5.79. The molecule has 0 radical (unpaired) electrons. The Labute approximate surface area is 118 Å². The first-order chi connectivity index (χ1) is 9.24. The quantitative estimate of drug-likeness (QED) is 0.827. The third-order valence-corrected chi connectivity index (χ3v) is 3.21. The van der Waals surface area contributed by atoms with E-state index in [-0.39, 0.29) is 6.04 Å². The number of anilines is 1. The molecule has 1 aromatic carbocycles. The summed E-state index contributed by atoms with van der Waals surface area (Å²) in [5.74, 6) is 0.892. The van der Waals surface area contributed by atoms with E-state index in [1.807, 2.05) is 24.3 Å². The predicted molar refractivity (Wildman–Crippen MR) is 78.9 cm³/mol. The fraction of sp³-hybridized carbons (Fsp3) is 0.267. The second-order valence-electron chi connectivity index (χ2n) is 4.22. The van der Waals surface area contributed by atoms with Crippen LogP contribution in [0.1, 0.15) is 24.9 Å². The second kappa shape index (κ2) is 6.43. The first-order valence-electron chi connectivity index (χ1n) is 6.25. The summed E-state index contributed by atoms with van der Waals surface area (Å²) in [6.07, 6.45) is 2.68. The number of halogens is 1. The average molecular weight is 277 g/mol. The lowest BCUT2D eigenvalue weighted by molar-refractivity contribution is 0.406. The third kappa shape index (κ3) is 3.38. The zero-order valence-corrected chi connectivity index (χ0v) is 11.8. The number of benzene rings is 1. The number of hydrogen-bond acceptors (Lipinski definition) is 3. The van der Waals surface area contributed by atoms with Crippen LogP contribution >= 0.6 is 11.6 Å². The van der Waals surface area contributed by atoms with Crippen molar-refractivity contribution in [3.63, 3.8) is 0 Å². The molecular formula is C15H17ClN2O. The van der Waals surface area contributed by atoms with Gasteiger partial charge in [-0.05, 0) is 24.6 Å². The normalized spacial score (nSPS) is 11.9. The number of pyridine rings is 1. The lowest BCUT2D eigenvalue weighted by Gasteiger charge is -2.20. The van der Waals surface area contributed by atoms with Crippen molar-refractivity contribution in [1.29, 1.82) is 0 Å². The van der Waals surface area contributed by atoms with Crippen LogP contribution in [0, 0.1) is 0 Å². The van der Waals surface area contributed by atoms with Gasteiger partial charge in [-0.25, -0.2) is 4.98 Å². The highest BCUT2D eigenvalue weighted by atomic mass is 35.5. The van der Waals surface area contributed by atoms with Crippen LogP contribution in [-0.4, -0.2) is 12.1 Å². The molecule has 2 aromatic rings. The molecule has 1 atom stereocenters. The van der Waals surface area contributed by atoms with Crippen molar-refractivity contribution in [3.8, 4) is 5.75 Å². The molecule has 0 saturated carbocycles. The minimum atomic E-state index is 0.180. The molecule has 0 amide bonds. The van der Waals surface area contributed by atoms with E-state index in [1.54, 1.807) is 19.4 Å². The number of nitrogens with one attached hydrogen (secondary N) is 1. The molecule has 0 fully saturated rings. The number of methoxy groups -OCH3 is 1. The highest BCUT2D eigenvalue weighted by Crippen LogP contribution is 2.29. The van der Waals surface area contributed by atoms with E-state index in [1.165, 1.54) is 0 Å². The third-order valence-electron chi connectivity index (χ3n) is 2.99. The molecule has 0 spiro atoms. The molecule has 1 N–H and O–H groups in total. The number of hydrogen-bond donors (Lipinski definition) is 1. The van der Waals surface area contributed by atoms with E-state index in [4.69, 9.17) is 16.3 Å². The smallest absolute Gasteiger partial charge is 0.129 e. The Morgan fingerprint density at radius 1 is 1.26 bits per heavy atom. The number of nitrogens with zero attached hydrogens (tertiary/aromatic N) is 1. The van der Waals surface area contributed by atoms with Gasteiger partial charge in [-0.1, -0.05) is 36.7 Å². The molecule has 4 heteroatoms. The van der Waals surface area contributed by atoms with E-state index in [2.05, 4.69) is 23.3 Å². The monoisotopic (exact) mass is 276 g/mol. The Morgan fingerprint density at radius 3 is 2.68 bits per heavy atom. The molecule has 0 saturated heterocycles. The lowest BCUT2D eigenvalue weighted by atomic mass is 10.0. The molecule has 0 aliphatic carbocycles. The van der Waals surface area contributed by atoms with Crippen molar-refractivity contribution in [1.82, 2.24) is 4.98 Å². The second-order valence-corrected chi connectivity index (χ2v) is 4.60. The van der Waals surface area contributed by atoms with Crippen LogP contribution in [0.3, 0.4) is 0 Å². The molecule has 3 nitrogen and oxygen atoms in total. The van der Waals surface area contributed by atoms with Gasteiger partial charge in [-0.2, -0.15) is 0 Å². The summed E-state index contributed by atoms with van der Waals surface area (Å²) in [6, 6.07) is 11.9. The van der Waals surface area contributed by atoms with Crippen LogP contribution in [0.2, 0.25) is 5.15 Å². The molecule has 1 heterocycles. The number of para-hydroxylation sites is 1. The summed E-state index contributed by atoms with van der Waals surface area (Å²) in [5.41, 5.74) is 2.09. The van der Waals surface area contributed by atoms with Gasteiger partial charge in [0, 0.05) is 5.56 Å². The fourth-order valence-electron chi connectivity index (χ4n) is 2.02.